The zero-order valence-electron chi connectivity index (χ0n) is 33.7. The summed E-state index contributed by atoms with van der Waals surface area (Å²) >= 11 is 0. The highest BCUT2D eigenvalue weighted by Crippen LogP contribution is 2.51. The predicted molar refractivity (Wildman–Crippen MR) is 259 cm³/mol. The topological polar surface area (TPSA) is 32.8 Å². The van der Waals surface area contributed by atoms with Gasteiger partial charge < -0.3 is 18.6 Å². The summed E-state index contributed by atoms with van der Waals surface area (Å²) in [4.78, 5) is 4.72. The molecule has 0 aliphatic heterocycles. The van der Waals surface area contributed by atoms with Crippen molar-refractivity contribution in [2.75, 3.05) is 9.80 Å². The first-order valence-electron chi connectivity index (χ1n) is 21.0. The standard InChI is InChI=1S/C58H38N2O2/c1-5-19-39(20-6-1)44-35-36-51(60(42-25-11-4-12-26-42)53-32-18-30-48-46-28-14-16-34-55(46)62-58(48)53)50-38-43(37-49(56(44)50)40-21-7-2-8-22-40)59(41-23-9-3-10-24-41)52-31-17-29-47-45-27-13-15-33-54(45)61-57(47)52/h1-38H. The normalized spacial score (nSPS) is 11.5. The van der Waals surface area contributed by atoms with E-state index >= 15 is 0 Å². The minimum absolute atomic E-state index is 0.833. The molecule has 2 heterocycles. The van der Waals surface area contributed by atoms with E-state index in [2.05, 4.69) is 222 Å². The van der Waals surface area contributed by atoms with Gasteiger partial charge in [-0.15, -0.1) is 0 Å². The van der Waals surface area contributed by atoms with Crippen molar-refractivity contribution in [2.24, 2.45) is 0 Å². The van der Waals surface area contributed by atoms with Crippen molar-refractivity contribution in [3.8, 4) is 22.3 Å². The quantitative estimate of drug-likeness (QED) is 0.153. The molecule has 4 heteroatoms. The third-order valence-corrected chi connectivity index (χ3v) is 12.0. The first-order valence-corrected chi connectivity index (χ1v) is 21.0. The molecule has 0 spiro atoms. The molecule has 0 saturated heterocycles. The van der Waals surface area contributed by atoms with Gasteiger partial charge in [-0.05, 0) is 94.4 Å². The molecule has 0 aliphatic rings. The molecule has 292 valence electrons. The molecule has 0 amide bonds. The molecule has 12 rings (SSSR count). The fourth-order valence-electron chi connectivity index (χ4n) is 9.29. The Kier molecular flexibility index (Phi) is 8.46. The second-order valence-corrected chi connectivity index (χ2v) is 15.6. The van der Waals surface area contributed by atoms with E-state index in [4.69, 9.17) is 8.83 Å². The third kappa shape index (κ3) is 5.84. The van der Waals surface area contributed by atoms with Gasteiger partial charge in [-0.3, -0.25) is 0 Å². The van der Waals surface area contributed by atoms with Crippen LogP contribution in [0.4, 0.5) is 34.1 Å². The average Bonchev–Trinajstić information content (AvgIpc) is 3.93. The van der Waals surface area contributed by atoms with Crippen molar-refractivity contribution in [3.05, 3.63) is 231 Å². The Balaban J connectivity index is 1.23. The van der Waals surface area contributed by atoms with Gasteiger partial charge in [-0.25, -0.2) is 0 Å². The first kappa shape index (κ1) is 35.6. The average molecular weight is 795 g/mol. The Morgan fingerprint density at radius 2 is 0.726 bits per heavy atom. The van der Waals surface area contributed by atoms with Gasteiger partial charge in [0.15, 0.2) is 11.2 Å². The summed E-state index contributed by atoms with van der Waals surface area (Å²) in [7, 11) is 0. The van der Waals surface area contributed by atoms with Gasteiger partial charge in [0.2, 0.25) is 0 Å². The lowest BCUT2D eigenvalue weighted by molar-refractivity contribution is 0.668. The fraction of sp³-hybridized carbons (Fsp3) is 0. The molecular formula is C58H38N2O2. The van der Waals surface area contributed by atoms with Gasteiger partial charge in [0.05, 0.1) is 17.1 Å². The minimum atomic E-state index is 0.833. The summed E-state index contributed by atoms with van der Waals surface area (Å²) < 4.78 is 13.6. The summed E-state index contributed by atoms with van der Waals surface area (Å²) in [5.41, 5.74) is 13.9. The Morgan fingerprint density at radius 1 is 0.274 bits per heavy atom. The van der Waals surface area contributed by atoms with Crippen LogP contribution in [0.2, 0.25) is 0 Å². The Labute approximate surface area is 358 Å². The number of hydrogen-bond acceptors (Lipinski definition) is 4. The van der Waals surface area contributed by atoms with Gasteiger partial charge >= 0.3 is 0 Å². The van der Waals surface area contributed by atoms with E-state index < -0.39 is 0 Å². The van der Waals surface area contributed by atoms with Gasteiger partial charge in [-0.2, -0.15) is 0 Å². The van der Waals surface area contributed by atoms with Crippen molar-refractivity contribution in [2.45, 2.75) is 0 Å². The molecule has 0 fully saturated rings. The van der Waals surface area contributed by atoms with Gasteiger partial charge in [0.25, 0.3) is 0 Å². The molecular weight excluding hydrogens is 757 g/mol. The molecule has 0 radical (unpaired) electrons. The highest BCUT2D eigenvalue weighted by Gasteiger charge is 2.26. The predicted octanol–water partition coefficient (Wildman–Crippen LogP) is 16.9. The Bertz CT molecular complexity index is 3580. The molecule has 4 nitrogen and oxygen atoms in total. The van der Waals surface area contributed by atoms with Crippen molar-refractivity contribution in [1.82, 2.24) is 0 Å². The third-order valence-electron chi connectivity index (χ3n) is 12.0. The van der Waals surface area contributed by atoms with Crippen LogP contribution >= 0.6 is 0 Å². The number of fused-ring (bicyclic) bond motifs is 7. The van der Waals surface area contributed by atoms with Crippen molar-refractivity contribution < 1.29 is 8.83 Å². The minimum Gasteiger partial charge on any atom is -0.454 e. The van der Waals surface area contributed by atoms with Crippen molar-refractivity contribution >= 4 is 88.8 Å². The Morgan fingerprint density at radius 3 is 1.29 bits per heavy atom. The maximum atomic E-state index is 6.79. The van der Waals surface area contributed by atoms with E-state index in [0.29, 0.717) is 0 Å². The lowest BCUT2D eigenvalue weighted by atomic mass is 9.89. The highest BCUT2D eigenvalue weighted by molar-refractivity contribution is 6.17. The van der Waals surface area contributed by atoms with Crippen LogP contribution in [0.15, 0.2) is 239 Å². The van der Waals surface area contributed by atoms with Crippen LogP contribution in [0.1, 0.15) is 0 Å². The Hall–Kier alpha value is -8.34. The SMILES string of the molecule is c1ccc(-c2ccc(N(c3ccccc3)c3cccc4c3oc3ccccc34)c3cc(N(c4ccccc4)c4cccc5c4oc4ccccc45)cc(-c4ccccc4)c23)cc1. The number of furan rings is 2. The lowest BCUT2D eigenvalue weighted by Crippen LogP contribution is -2.13. The summed E-state index contributed by atoms with van der Waals surface area (Å²) in [5.74, 6) is 0. The summed E-state index contributed by atoms with van der Waals surface area (Å²) in [6, 6.07) is 81.6. The van der Waals surface area contributed by atoms with Crippen LogP contribution in [-0.2, 0) is 0 Å². The molecule has 0 N–H and O–H groups in total. The number of rotatable bonds is 8. The molecule has 2 aromatic heterocycles. The van der Waals surface area contributed by atoms with E-state index in [0.717, 1.165) is 111 Å². The van der Waals surface area contributed by atoms with E-state index in [-0.39, 0.29) is 0 Å². The van der Waals surface area contributed by atoms with Crippen LogP contribution in [0, 0.1) is 0 Å². The molecule has 0 unspecified atom stereocenters. The van der Waals surface area contributed by atoms with Crippen LogP contribution in [0.25, 0.3) is 76.9 Å². The first-order chi connectivity index (χ1) is 30.8. The fourth-order valence-corrected chi connectivity index (χ4v) is 9.29. The maximum Gasteiger partial charge on any atom is 0.159 e. The van der Waals surface area contributed by atoms with E-state index in [1.54, 1.807) is 0 Å². The van der Waals surface area contributed by atoms with E-state index in [9.17, 15) is 0 Å². The highest BCUT2D eigenvalue weighted by atomic mass is 16.3. The second-order valence-electron chi connectivity index (χ2n) is 15.6. The second kappa shape index (κ2) is 14.7. The smallest absolute Gasteiger partial charge is 0.159 e. The lowest BCUT2D eigenvalue weighted by Gasteiger charge is -2.30. The molecule has 0 bridgehead atoms. The number of benzene rings is 10. The van der Waals surface area contributed by atoms with E-state index in [1.165, 1.54) is 0 Å². The summed E-state index contributed by atoms with van der Waals surface area (Å²) in [6.07, 6.45) is 0. The molecule has 0 saturated carbocycles. The number of nitrogens with zero attached hydrogens (tertiary/aromatic N) is 2. The van der Waals surface area contributed by atoms with Gasteiger partial charge in [0, 0.05) is 44.0 Å². The summed E-state index contributed by atoms with van der Waals surface area (Å²) in [6.45, 7) is 0. The number of hydrogen-bond donors (Lipinski definition) is 0. The molecule has 0 aliphatic carbocycles. The summed E-state index contributed by atoms with van der Waals surface area (Å²) in [5, 5.41) is 6.56. The van der Waals surface area contributed by atoms with Crippen molar-refractivity contribution in [1.29, 1.82) is 0 Å². The van der Waals surface area contributed by atoms with Gasteiger partial charge in [0.1, 0.15) is 11.2 Å². The van der Waals surface area contributed by atoms with Crippen LogP contribution in [0.3, 0.4) is 0 Å². The van der Waals surface area contributed by atoms with Crippen LogP contribution < -0.4 is 9.80 Å². The maximum absolute atomic E-state index is 6.79. The molecule has 12 aromatic rings. The van der Waals surface area contributed by atoms with Crippen molar-refractivity contribution in [3.63, 3.8) is 0 Å². The van der Waals surface area contributed by atoms with Gasteiger partial charge in [-0.1, -0.05) is 164 Å². The molecule has 10 aromatic carbocycles. The number of anilines is 6. The monoisotopic (exact) mass is 794 g/mol. The van der Waals surface area contributed by atoms with Crippen LogP contribution in [0.5, 0.6) is 0 Å². The van der Waals surface area contributed by atoms with E-state index in [1.807, 2.05) is 18.2 Å². The molecule has 62 heavy (non-hydrogen) atoms. The van der Waals surface area contributed by atoms with Crippen LogP contribution in [-0.4, -0.2) is 0 Å². The number of para-hydroxylation sites is 6. The molecule has 0 atom stereocenters. The zero-order valence-corrected chi connectivity index (χ0v) is 33.7. The largest absolute Gasteiger partial charge is 0.454 e. The zero-order chi connectivity index (χ0) is 41.0.